The monoisotopic (exact) mass is 402 g/mol. The Balaban J connectivity index is 0.00000312. The third kappa shape index (κ3) is 5.70. The minimum Gasteiger partial charge on any atom is -0.353 e. The van der Waals surface area contributed by atoms with Crippen molar-refractivity contribution >= 4 is 29.7 Å². The molecule has 144 valence electrons. The molecule has 1 fully saturated rings. The summed E-state index contributed by atoms with van der Waals surface area (Å²) in [6, 6.07) is -1.72. The standard InChI is InChI=1S/C14H21F3N4O2S.ClH/c1-9-10(2)24-13(23)21(9)8-12(22)19-7-11(14(15,16)17)20-5-3-18-4-6-20;/h11,18H,3-8H2,1-2H3,(H,19,22);1H. The van der Waals surface area contributed by atoms with Crippen LogP contribution in [-0.2, 0) is 11.3 Å². The molecule has 0 aliphatic carbocycles. The summed E-state index contributed by atoms with van der Waals surface area (Å²) in [5.41, 5.74) is 0.662. The Kier molecular flexibility index (Phi) is 7.91. The second-order valence-corrected chi connectivity index (χ2v) is 6.91. The molecule has 2 heterocycles. The van der Waals surface area contributed by atoms with Crippen molar-refractivity contribution in [3.8, 4) is 0 Å². The fourth-order valence-corrected chi connectivity index (χ4v) is 3.46. The topological polar surface area (TPSA) is 66.4 Å². The number of amides is 1. The lowest BCUT2D eigenvalue weighted by Crippen LogP contribution is -2.57. The molecule has 1 atom stereocenters. The number of hydrogen-bond acceptors (Lipinski definition) is 5. The molecule has 1 amide bonds. The summed E-state index contributed by atoms with van der Waals surface area (Å²) in [7, 11) is 0. The zero-order chi connectivity index (χ0) is 17.9. The first-order chi connectivity index (χ1) is 11.2. The maximum atomic E-state index is 13.2. The van der Waals surface area contributed by atoms with Gasteiger partial charge in [-0.1, -0.05) is 11.3 Å². The molecule has 0 bridgehead atoms. The molecule has 11 heteroatoms. The zero-order valence-corrected chi connectivity index (χ0v) is 15.6. The summed E-state index contributed by atoms with van der Waals surface area (Å²) in [6.07, 6.45) is -4.42. The van der Waals surface area contributed by atoms with E-state index < -0.39 is 24.7 Å². The number of carbonyl (C=O) groups excluding carboxylic acids is 1. The normalized spacial score (nSPS) is 17.0. The third-order valence-electron chi connectivity index (χ3n) is 4.14. The molecule has 1 aliphatic rings. The first-order valence-electron chi connectivity index (χ1n) is 7.65. The van der Waals surface area contributed by atoms with Crippen LogP contribution in [0.15, 0.2) is 4.79 Å². The van der Waals surface area contributed by atoms with Crippen LogP contribution in [0.4, 0.5) is 13.2 Å². The fraction of sp³-hybridized carbons (Fsp3) is 0.714. The predicted octanol–water partition coefficient (Wildman–Crippen LogP) is 0.901. The molecule has 0 radical (unpaired) electrons. The van der Waals surface area contributed by atoms with Crippen LogP contribution < -0.4 is 15.5 Å². The van der Waals surface area contributed by atoms with Gasteiger partial charge in [0.25, 0.3) is 0 Å². The number of piperazine rings is 1. The van der Waals surface area contributed by atoms with Crippen molar-refractivity contribution in [2.24, 2.45) is 0 Å². The molecular formula is C14H22ClF3N4O2S. The van der Waals surface area contributed by atoms with Crippen molar-refractivity contribution in [1.82, 2.24) is 20.1 Å². The Labute approximate surface area is 153 Å². The molecule has 2 N–H and O–H groups in total. The van der Waals surface area contributed by atoms with E-state index >= 15 is 0 Å². The number of carbonyl (C=O) groups is 1. The Morgan fingerprint density at radius 3 is 2.40 bits per heavy atom. The Hall–Kier alpha value is -1.10. The summed E-state index contributed by atoms with van der Waals surface area (Å²) in [5.74, 6) is -0.595. The first-order valence-corrected chi connectivity index (χ1v) is 8.47. The number of halogens is 4. The van der Waals surface area contributed by atoms with Crippen molar-refractivity contribution in [2.45, 2.75) is 32.6 Å². The molecule has 1 aromatic heterocycles. The SMILES string of the molecule is Cc1sc(=O)n(CC(=O)NCC(N2CCNCC2)C(F)(F)F)c1C.Cl. The minimum atomic E-state index is -4.42. The van der Waals surface area contributed by atoms with Crippen LogP contribution in [0.2, 0.25) is 0 Å². The second-order valence-electron chi connectivity index (χ2n) is 5.74. The average molecular weight is 403 g/mol. The van der Waals surface area contributed by atoms with Gasteiger partial charge in [-0.15, -0.1) is 12.4 Å². The predicted molar refractivity (Wildman–Crippen MR) is 92.6 cm³/mol. The fourth-order valence-electron chi connectivity index (χ4n) is 2.63. The quantitative estimate of drug-likeness (QED) is 0.768. The molecule has 1 aromatic rings. The number of alkyl halides is 3. The van der Waals surface area contributed by atoms with E-state index in [9.17, 15) is 22.8 Å². The average Bonchev–Trinajstić information content (AvgIpc) is 2.73. The lowest BCUT2D eigenvalue weighted by molar-refractivity contribution is -0.184. The summed E-state index contributed by atoms with van der Waals surface area (Å²) in [4.78, 5) is 25.6. The van der Waals surface area contributed by atoms with E-state index in [1.165, 1.54) is 9.47 Å². The van der Waals surface area contributed by atoms with Gasteiger partial charge >= 0.3 is 11.0 Å². The van der Waals surface area contributed by atoms with Gasteiger partial charge in [-0.2, -0.15) is 13.2 Å². The third-order valence-corrected chi connectivity index (χ3v) is 5.14. The Morgan fingerprint density at radius 2 is 1.92 bits per heavy atom. The molecule has 0 aromatic carbocycles. The van der Waals surface area contributed by atoms with Crippen molar-refractivity contribution in [2.75, 3.05) is 32.7 Å². The summed E-state index contributed by atoms with van der Waals surface area (Å²) in [6.45, 7) is 4.23. The highest BCUT2D eigenvalue weighted by atomic mass is 35.5. The number of aryl methyl sites for hydroxylation is 1. The first kappa shape index (κ1) is 21.9. The van der Waals surface area contributed by atoms with E-state index in [1.54, 1.807) is 13.8 Å². The highest BCUT2D eigenvalue weighted by molar-refractivity contribution is 7.09. The smallest absolute Gasteiger partial charge is 0.353 e. The summed E-state index contributed by atoms with van der Waals surface area (Å²) < 4.78 is 41.0. The second kappa shape index (κ2) is 9.02. The van der Waals surface area contributed by atoms with E-state index in [1.807, 2.05) is 0 Å². The number of hydrogen-bond donors (Lipinski definition) is 2. The lowest BCUT2D eigenvalue weighted by atomic mass is 10.2. The van der Waals surface area contributed by atoms with Gasteiger partial charge in [-0.3, -0.25) is 19.1 Å². The van der Waals surface area contributed by atoms with Crippen molar-refractivity contribution < 1.29 is 18.0 Å². The van der Waals surface area contributed by atoms with Crippen LogP contribution in [0.25, 0.3) is 0 Å². The maximum Gasteiger partial charge on any atom is 0.405 e. The zero-order valence-electron chi connectivity index (χ0n) is 14.0. The van der Waals surface area contributed by atoms with Crippen LogP contribution in [0.1, 0.15) is 10.6 Å². The van der Waals surface area contributed by atoms with E-state index in [-0.39, 0.29) is 36.9 Å². The number of rotatable bonds is 5. The van der Waals surface area contributed by atoms with Crippen LogP contribution >= 0.6 is 23.7 Å². The van der Waals surface area contributed by atoms with Gasteiger partial charge < -0.3 is 10.6 Å². The molecule has 0 saturated carbocycles. The molecule has 25 heavy (non-hydrogen) atoms. The van der Waals surface area contributed by atoms with Gasteiger partial charge in [0.2, 0.25) is 5.91 Å². The van der Waals surface area contributed by atoms with Gasteiger partial charge in [-0.05, 0) is 13.8 Å². The minimum absolute atomic E-state index is 0. The number of nitrogens with one attached hydrogen (secondary N) is 2. The van der Waals surface area contributed by atoms with Gasteiger partial charge in [0, 0.05) is 43.3 Å². The van der Waals surface area contributed by atoms with Crippen molar-refractivity contribution in [3.05, 3.63) is 20.2 Å². The number of aromatic nitrogens is 1. The Morgan fingerprint density at radius 1 is 1.32 bits per heavy atom. The van der Waals surface area contributed by atoms with E-state index in [4.69, 9.17) is 0 Å². The van der Waals surface area contributed by atoms with E-state index in [0.717, 1.165) is 16.2 Å². The van der Waals surface area contributed by atoms with E-state index in [2.05, 4.69) is 10.6 Å². The van der Waals surface area contributed by atoms with Gasteiger partial charge in [0.1, 0.15) is 12.6 Å². The van der Waals surface area contributed by atoms with Crippen LogP contribution in [-0.4, -0.2) is 60.3 Å². The molecular weight excluding hydrogens is 381 g/mol. The maximum absolute atomic E-state index is 13.2. The van der Waals surface area contributed by atoms with Gasteiger partial charge in [-0.25, -0.2) is 0 Å². The van der Waals surface area contributed by atoms with E-state index in [0.29, 0.717) is 18.8 Å². The molecule has 6 nitrogen and oxygen atoms in total. The van der Waals surface area contributed by atoms with Crippen molar-refractivity contribution in [3.63, 3.8) is 0 Å². The van der Waals surface area contributed by atoms with Crippen LogP contribution in [0.5, 0.6) is 0 Å². The molecule has 1 unspecified atom stereocenters. The van der Waals surface area contributed by atoms with Crippen LogP contribution in [0, 0.1) is 13.8 Å². The molecule has 1 saturated heterocycles. The number of nitrogens with zero attached hydrogens (tertiary/aromatic N) is 2. The summed E-state index contributed by atoms with van der Waals surface area (Å²) >= 11 is 1.02. The van der Waals surface area contributed by atoms with Gasteiger partial charge in [0.15, 0.2) is 0 Å². The highest BCUT2D eigenvalue weighted by Gasteiger charge is 2.43. The highest BCUT2D eigenvalue weighted by Crippen LogP contribution is 2.24. The van der Waals surface area contributed by atoms with Crippen molar-refractivity contribution in [1.29, 1.82) is 0 Å². The number of thiazole rings is 1. The molecule has 0 spiro atoms. The molecule has 1 aliphatic heterocycles. The summed E-state index contributed by atoms with van der Waals surface area (Å²) in [5, 5.41) is 5.32. The lowest BCUT2D eigenvalue weighted by Gasteiger charge is -2.35. The molecule has 2 rings (SSSR count). The largest absolute Gasteiger partial charge is 0.405 e. The van der Waals surface area contributed by atoms with Crippen LogP contribution in [0.3, 0.4) is 0 Å². The Bertz CT molecular complexity index is 641. The van der Waals surface area contributed by atoms with Gasteiger partial charge in [0.05, 0.1) is 0 Å².